The number of benzene rings is 2. The predicted molar refractivity (Wildman–Crippen MR) is 69.6 cm³/mol. The molecular weight excluding hydrogens is 227 g/mol. The first-order valence-electron chi connectivity index (χ1n) is 5.68. The van der Waals surface area contributed by atoms with E-state index in [0.717, 1.165) is 11.3 Å². The van der Waals surface area contributed by atoms with Gasteiger partial charge in [0.05, 0.1) is 11.6 Å². The van der Waals surface area contributed by atoms with Gasteiger partial charge in [0.25, 0.3) is 0 Å². The Kier molecular flexibility index (Phi) is 3.59. The fraction of sp³-hybridized carbons (Fsp3) is 0.133. The van der Waals surface area contributed by atoms with Crippen LogP contribution in [-0.2, 0) is 6.54 Å². The largest absolute Gasteiger partial charge is 0.381 e. The van der Waals surface area contributed by atoms with E-state index in [4.69, 9.17) is 5.26 Å². The van der Waals surface area contributed by atoms with Crippen molar-refractivity contribution in [3.63, 3.8) is 0 Å². The van der Waals surface area contributed by atoms with Crippen LogP contribution in [0.5, 0.6) is 0 Å². The molecule has 18 heavy (non-hydrogen) atoms. The first-order chi connectivity index (χ1) is 8.69. The van der Waals surface area contributed by atoms with Gasteiger partial charge in [0.2, 0.25) is 0 Å². The Morgan fingerprint density at radius 2 is 2.06 bits per heavy atom. The van der Waals surface area contributed by atoms with E-state index in [9.17, 15) is 4.39 Å². The molecule has 0 radical (unpaired) electrons. The van der Waals surface area contributed by atoms with Gasteiger partial charge < -0.3 is 5.32 Å². The number of halogens is 1. The van der Waals surface area contributed by atoms with Gasteiger partial charge in [-0.1, -0.05) is 18.2 Å². The van der Waals surface area contributed by atoms with Crippen LogP contribution in [0.1, 0.15) is 16.7 Å². The molecule has 0 saturated heterocycles. The van der Waals surface area contributed by atoms with E-state index in [2.05, 4.69) is 11.4 Å². The summed E-state index contributed by atoms with van der Waals surface area (Å²) in [5, 5.41) is 12.0. The number of aryl methyl sites for hydroxylation is 1. The average molecular weight is 240 g/mol. The highest BCUT2D eigenvalue weighted by Gasteiger charge is 2.00. The van der Waals surface area contributed by atoms with Crippen molar-refractivity contribution in [2.75, 3.05) is 5.32 Å². The van der Waals surface area contributed by atoms with Crippen molar-refractivity contribution in [3.05, 3.63) is 65.0 Å². The van der Waals surface area contributed by atoms with Crippen LogP contribution >= 0.6 is 0 Å². The molecule has 2 rings (SSSR count). The molecule has 2 nitrogen and oxygen atoms in total. The number of nitriles is 1. The molecule has 0 aliphatic heterocycles. The monoisotopic (exact) mass is 240 g/mol. The van der Waals surface area contributed by atoms with E-state index in [-0.39, 0.29) is 5.82 Å². The van der Waals surface area contributed by atoms with Crippen molar-refractivity contribution in [3.8, 4) is 6.07 Å². The van der Waals surface area contributed by atoms with Gasteiger partial charge in [0.1, 0.15) is 5.82 Å². The van der Waals surface area contributed by atoms with Gasteiger partial charge in [-0.15, -0.1) is 0 Å². The minimum absolute atomic E-state index is 0.194. The van der Waals surface area contributed by atoms with Crippen LogP contribution < -0.4 is 5.32 Å². The van der Waals surface area contributed by atoms with Crippen LogP contribution in [0.3, 0.4) is 0 Å². The van der Waals surface area contributed by atoms with Gasteiger partial charge in [-0.25, -0.2) is 4.39 Å². The predicted octanol–water partition coefficient (Wildman–Crippen LogP) is 3.62. The maximum Gasteiger partial charge on any atom is 0.126 e. The normalized spacial score (nSPS) is 9.83. The van der Waals surface area contributed by atoms with E-state index in [1.165, 1.54) is 6.07 Å². The van der Waals surface area contributed by atoms with Gasteiger partial charge in [-0.05, 0) is 42.3 Å². The zero-order valence-electron chi connectivity index (χ0n) is 10.1. The van der Waals surface area contributed by atoms with Gasteiger partial charge in [0.15, 0.2) is 0 Å². The lowest BCUT2D eigenvalue weighted by Crippen LogP contribution is -2.00. The topological polar surface area (TPSA) is 35.8 Å². The molecule has 0 saturated carbocycles. The number of anilines is 1. The number of hydrogen-bond acceptors (Lipinski definition) is 2. The maximum absolute atomic E-state index is 13.4. The molecule has 0 fully saturated rings. The Bertz CT molecular complexity index is 600. The molecule has 0 aliphatic carbocycles. The number of nitrogens with zero attached hydrogens (tertiary/aromatic N) is 1. The summed E-state index contributed by atoms with van der Waals surface area (Å²) in [5.74, 6) is -0.194. The molecular formula is C15H13FN2. The summed E-state index contributed by atoms with van der Waals surface area (Å²) in [6, 6.07) is 14.5. The smallest absolute Gasteiger partial charge is 0.126 e. The Morgan fingerprint density at radius 1 is 1.22 bits per heavy atom. The molecule has 0 heterocycles. The number of hydrogen-bond donors (Lipinski definition) is 1. The van der Waals surface area contributed by atoms with Gasteiger partial charge >= 0.3 is 0 Å². The molecule has 0 amide bonds. The van der Waals surface area contributed by atoms with Crippen molar-refractivity contribution < 1.29 is 4.39 Å². The molecule has 90 valence electrons. The first kappa shape index (κ1) is 12.1. The van der Waals surface area contributed by atoms with Crippen molar-refractivity contribution >= 4 is 5.69 Å². The first-order valence-corrected chi connectivity index (χ1v) is 5.68. The van der Waals surface area contributed by atoms with E-state index in [1.807, 2.05) is 18.2 Å². The molecule has 2 aromatic carbocycles. The van der Waals surface area contributed by atoms with E-state index in [0.29, 0.717) is 17.7 Å². The highest BCUT2D eigenvalue weighted by atomic mass is 19.1. The quantitative estimate of drug-likeness (QED) is 0.889. The summed E-state index contributed by atoms with van der Waals surface area (Å²) in [6.45, 7) is 2.27. The SMILES string of the molecule is Cc1ccc(CNc2cccc(C#N)c2)cc1F. The summed E-state index contributed by atoms with van der Waals surface area (Å²) in [7, 11) is 0. The van der Waals surface area contributed by atoms with Crippen molar-refractivity contribution in [1.29, 1.82) is 5.26 Å². The second kappa shape index (κ2) is 5.33. The Morgan fingerprint density at radius 3 is 2.78 bits per heavy atom. The average Bonchev–Trinajstić information content (AvgIpc) is 2.40. The van der Waals surface area contributed by atoms with E-state index in [1.54, 1.807) is 25.1 Å². The van der Waals surface area contributed by atoms with E-state index < -0.39 is 0 Å². The molecule has 0 spiro atoms. The fourth-order valence-corrected chi connectivity index (χ4v) is 1.65. The second-order valence-corrected chi connectivity index (χ2v) is 4.13. The number of nitrogens with one attached hydrogen (secondary N) is 1. The van der Waals surface area contributed by atoms with Gasteiger partial charge in [-0.3, -0.25) is 0 Å². The third-order valence-electron chi connectivity index (χ3n) is 2.72. The van der Waals surface area contributed by atoms with Crippen molar-refractivity contribution in [1.82, 2.24) is 0 Å². The summed E-state index contributed by atoms with van der Waals surface area (Å²) in [5.41, 5.74) is 2.98. The van der Waals surface area contributed by atoms with Crippen LogP contribution in [0.15, 0.2) is 42.5 Å². The molecule has 0 bridgehead atoms. The summed E-state index contributed by atoms with van der Waals surface area (Å²) in [4.78, 5) is 0. The van der Waals surface area contributed by atoms with Crippen LogP contribution in [0.4, 0.5) is 10.1 Å². The zero-order valence-corrected chi connectivity index (χ0v) is 10.1. The van der Waals surface area contributed by atoms with Crippen LogP contribution in [-0.4, -0.2) is 0 Å². The Hall–Kier alpha value is -2.34. The number of rotatable bonds is 3. The highest BCUT2D eigenvalue weighted by Crippen LogP contribution is 2.13. The molecule has 1 N–H and O–H groups in total. The summed E-state index contributed by atoms with van der Waals surface area (Å²) in [6.07, 6.45) is 0. The Balaban J connectivity index is 2.07. The highest BCUT2D eigenvalue weighted by molar-refractivity contribution is 5.49. The molecule has 0 atom stereocenters. The van der Waals surface area contributed by atoms with Crippen molar-refractivity contribution in [2.24, 2.45) is 0 Å². The fourth-order valence-electron chi connectivity index (χ4n) is 1.65. The minimum Gasteiger partial charge on any atom is -0.381 e. The lowest BCUT2D eigenvalue weighted by Gasteiger charge is -2.07. The Labute approximate surface area is 106 Å². The molecule has 0 unspecified atom stereocenters. The van der Waals surface area contributed by atoms with E-state index >= 15 is 0 Å². The third kappa shape index (κ3) is 2.86. The molecule has 0 aliphatic rings. The third-order valence-corrected chi connectivity index (χ3v) is 2.72. The van der Waals surface area contributed by atoms with Gasteiger partial charge in [0, 0.05) is 12.2 Å². The summed E-state index contributed by atoms with van der Waals surface area (Å²) < 4.78 is 13.4. The molecule has 3 heteroatoms. The summed E-state index contributed by atoms with van der Waals surface area (Å²) >= 11 is 0. The minimum atomic E-state index is -0.194. The lowest BCUT2D eigenvalue weighted by molar-refractivity contribution is 0.616. The second-order valence-electron chi connectivity index (χ2n) is 4.13. The molecule has 0 aromatic heterocycles. The molecule has 2 aromatic rings. The van der Waals surface area contributed by atoms with Crippen LogP contribution in [0.25, 0.3) is 0 Å². The van der Waals surface area contributed by atoms with Crippen LogP contribution in [0.2, 0.25) is 0 Å². The maximum atomic E-state index is 13.4. The lowest BCUT2D eigenvalue weighted by atomic mass is 10.1. The van der Waals surface area contributed by atoms with Crippen LogP contribution in [0, 0.1) is 24.1 Å². The zero-order chi connectivity index (χ0) is 13.0. The standard InChI is InChI=1S/C15H13FN2/c1-11-5-6-13(8-15(11)16)10-18-14-4-2-3-12(7-14)9-17/h2-8,18H,10H2,1H3. The van der Waals surface area contributed by atoms with Gasteiger partial charge in [-0.2, -0.15) is 5.26 Å². The van der Waals surface area contributed by atoms with Crippen molar-refractivity contribution in [2.45, 2.75) is 13.5 Å².